The molecule has 1 rings (SSSR count). The first-order chi connectivity index (χ1) is 9.87. The predicted octanol–water partition coefficient (Wildman–Crippen LogP) is 4.51. The molecule has 0 aliphatic heterocycles. The fourth-order valence-electron chi connectivity index (χ4n) is 3.14. The largest absolute Gasteiger partial charge is 0.389 e. The Bertz CT molecular complexity index is 444. The molecular formula is C16H21F3N2. The maximum absolute atomic E-state index is 12.3. The molecule has 1 aliphatic rings. The van der Waals surface area contributed by atoms with E-state index in [2.05, 4.69) is 17.0 Å². The lowest BCUT2D eigenvalue weighted by atomic mass is 9.65. The molecule has 0 amide bonds. The van der Waals surface area contributed by atoms with Crippen molar-refractivity contribution in [2.45, 2.75) is 57.5 Å². The molecular weight excluding hydrogens is 277 g/mol. The summed E-state index contributed by atoms with van der Waals surface area (Å²) >= 11 is 0. The molecule has 0 spiro atoms. The van der Waals surface area contributed by atoms with Gasteiger partial charge in [-0.3, -0.25) is 4.99 Å². The van der Waals surface area contributed by atoms with Crippen LogP contribution in [0.5, 0.6) is 0 Å². The van der Waals surface area contributed by atoms with E-state index in [1.165, 1.54) is 0 Å². The van der Waals surface area contributed by atoms with Gasteiger partial charge in [0.05, 0.1) is 11.5 Å². The summed E-state index contributed by atoms with van der Waals surface area (Å²) in [6.07, 6.45) is 3.94. The molecule has 0 radical (unpaired) electrons. The molecule has 1 aliphatic carbocycles. The molecule has 1 unspecified atom stereocenters. The van der Waals surface area contributed by atoms with E-state index in [9.17, 15) is 18.4 Å². The third-order valence-corrected chi connectivity index (χ3v) is 4.38. The molecule has 1 atom stereocenters. The number of hydrogen-bond donors (Lipinski definition) is 0. The number of hydrogen-bond acceptors (Lipinski definition) is 2. The molecule has 0 aromatic heterocycles. The Balaban J connectivity index is 2.75. The van der Waals surface area contributed by atoms with Gasteiger partial charge in [0.25, 0.3) is 0 Å². The topological polar surface area (TPSA) is 36.1 Å². The third-order valence-electron chi connectivity index (χ3n) is 4.38. The quantitative estimate of drug-likeness (QED) is 0.688. The van der Waals surface area contributed by atoms with Crippen molar-refractivity contribution >= 4 is 5.71 Å². The van der Waals surface area contributed by atoms with Gasteiger partial charge in [-0.2, -0.15) is 18.4 Å². The zero-order valence-corrected chi connectivity index (χ0v) is 12.3. The van der Waals surface area contributed by atoms with Crippen molar-refractivity contribution in [2.75, 3.05) is 7.05 Å². The Morgan fingerprint density at radius 3 is 2.33 bits per heavy atom. The minimum Gasteiger partial charge on any atom is -0.297 e. The van der Waals surface area contributed by atoms with E-state index in [1.807, 2.05) is 0 Å². The number of terminal acetylenes is 1. The minimum absolute atomic E-state index is 0.0377. The van der Waals surface area contributed by atoms with E-state index in [-0.39, 0.29) is 25.2 Å². The van der Waals surface area contributed by atoms with E-state index >= 15 is 0 Å². The van der Waals surface area contributed by atoms with Crippen molar-refractivity contribution in [1.29, 1.82) is 5.26 Å². The molecule has 1 fully saturated rings. The van der Waals surface area contributed by atoms with Gasteiger partial charge in [-0.05, 0) is 44.4 Å². The lowest BCUT2D eigenvalue weighted by molar-refractivity contribution is -0.136. The van der Waals surface area contributed by atoms with Crippen molar-refractivity contribution < 1.29 is 13.2 Å². The molecule has 1 saturated carbocycles. The van der Waals surface area contributed by atoms with Crippen molar-refractivity contribution in [3.05, 3.63) is 0 Å². The lowest BCUT2D eigenvalue weighted by Crippen LogP contribution is -2.33. The summed E-state index contributed by atoms with van der Waals surface area (Å²) in [5.74, 6) is 2.56. The number of nitrogens with zero attached hydrogens (tertiary/aromatic N) is 2. The first-order valence-corrected chi connectivity index (χ1v) is 7.23. The van der Waals surface area contributed by atoms with Crippen LogP contribution in [-0.2, 0) is 0 Å². The van der Waals surface area contributed by atoms with Gasteiger partial charge in [0, 0.05) is 25.6 Å². The summed E-state index contributed by atoms with van der Waals surface area (Å²) in [5, 5.41) is 9.56. The molecule has 116 valence electrons. The average molecular weight is 298 g/mol. The molecule has 0 N–H and O–H groups in total. The molecule has 21 heavy (non-hydrogen) atoms. The second-order valence-corrected chi connectivity index (χ2v) is 5.68. The monoisotopic (exact) mass is 298 g/mol. The molecule has 0 aromatic carbocycles. The van der Waals surface area contributed by atoms with Crippen LogP contribution in [0.25, 0.3) is 0 Å². The molecule has 5 heteroatoms. The lowest BCUT2D eigenvalue weighted by Gasteiger charge is -2.37. The Kier molecular flexibility index (Phi) is 6.27. The van der Waals surface area contributed by atoms with Crippen LogP contribution in [0.3, 0.4) is 0 Å². The van der Waals surface area contributed by atoms with Crippen molar-refractivity contribution in [3.63, 3.8) is 0 Å². The van der Waals surface area contributed by atoms with Crippen LogP contribution < -0.4 is 0 Å². The second-order valence-electron chi connectivity index (χ2n) is 5.68. The highest BCUT2D eigenvalue weighted by Crippen LogP contribution is 2.44. The third kappa shape index (κ3) is 5.08. The maximum Gasteiger partial charge on any atom is 0.389 e. The Morgan fingerprint density at radius 2 is 1.90 bits per heavy atom. The van der Waals surface area contributed by atoms with Gasteiger partial charge in [-0.25, -0.2) is 0 Å². The summed E-state index contributed by atoms with van der Waals surface area (Å²) in [6, 6.07) is 2.26. The van der Waals surface area contributed by atoms with Gasteiger partial charge in [-0.1, -0.05) is 0 Å². The van der Waals surface area contributed by atoms with Gasteiger partial charge in [-0.15, -0.1) is 12.3 Å². The average Bonchev–Trinajstić information content (AvgIpc) is 2.45. The zero-order chi connectivity index (χ0) is 15.9. The molecule has 0 heterocycles. The van der Waals surface area contributed by atoms with E-state index in [0.29, 0.717) is 0 Å². The van der Waals surface area contributed by atoms with Crippen LogP contribution >= 0.6 is 0 Å². The van der Waals surface area contributed by atoms with Gasteiger partial charge in [0.2, 0.25) is 0 Å². The smallest absolute Gasteiger partial charge is 0.297 e. The van der Waals surface area contributed by atoms with Crippen LogP contribution in [0.1, 0.15) is 51.4 Å². The first-order valence-electron chi connectivity index (χ1n) is 7.23. The highest BCUT2D eigenvalue weighted by Gasteiger charge is 2.40. The van der Waals surface area contributed by atoms with E-state index in [0.717, 1.165) is 31.4 Å². The zero-order valence-electron chi connectivity index (χ0n) is 12.3. The summed E-state index contributed by atoms with van der Waals surface area (Å²) in [4.78, 5) is 4.17. The Hall–Kier alpha value is -1.49. The van der Waals surface area contributed by atoms with Gasteiger partial charge >= 0.3 is 6.18 Å². The van der Waals surface area contributed by atoms with Crippen molar-refractivity contribution in [2.24, 2.45) is 16.3 Å². The molecule has 2 nitrogen and oxygen atoms in total. The first kappa shape index (κ1) is 17.6. The van der Waals surface area contributed by atoms with Crippen molar-refractivity contribution in [1.82, 2.24) is 0 Å². The second kappa shape index (κ2) is 7.50. The summed E-state index contributed by atoms with van der Waals surface area (Å²) in [6.45, 7) is 0. The van der Waals surface area contributed by atoms with Crippen LogP contribution in [0.15, 0.2) is 4.99 Å². The van der Waals surface area contributed by atoms with Gasteiger partial charge in [0.15, 0.2) is 0 Å². The predicted molar refractivity (Wildman–Crippen MR) is 76.7 cm³/mol. The molecule has 0 aromatic rings. The van der Waals surface area contributed by atoms with Gasteiger partial charge in [0.1, 0.15) is 0 Å². The standard InChI is InChI=1S/C16H21F3N2/c1-3-9-15(12-20,10-4-11-16(17,18)19)13-5-7-14(21-2)8-6-13/h1,13H,4-11H2,2H3. The summed E-state index contributed by atoms with van der Waals surface area (Å²) in [5.41, 5.74) is 0.299. The van der Waals surface area contributed by atoms with E-state index in [1.54, 1.807) is 7.05 Å². The van der Waals surface area contributed by atoms with E-state index < -0.39 is 18.0 Å². The molecule has 0 bridgehead atoms. The number of halogens is 3. The minimum atomic E-state index is -4.17. The molecule has 0 saturated heterocycles. The normalized spacial score (nSPS) is 22.0. The fourth-order valence-corrected chi connectivity index (χ4v) is 3.14. The van der Waals surface area contributed by atoms with E-state index in [4.69, 9.17) is 6.42 Å². The Labute approximate surface area is 124 Å². The van der Waals surface area contributed by atoms with Gasteiger partial charge < -0.3 is 0 Å². The fraction of sp³-hybridized carbons (Fsp3) is 0.750. The highest BCUT2D eigenvalue weighted by atomic mass is 19.4. The summed E-state index contributed by atoms with van der Waals surface area (Å²) in [7, 11) is 1.75. The van der Waals surface area contributed by atoms with Crippen LogP contribution in [0.2, 0.25) is 0 Å². The number of nitriles is 1. The highest BCUT2D eigenvalue weighted by molar-refractivity contribution is 5.85. The number of alkyl halides is 3. The van der Waals surface area contributed by atoms with Crippen molar-refractivity contribution in [3.8, 4) is 18.4 Å². The number of rotatable bonds is 5. The van der Waals surface area contributed by atoms with Crippen LogP contribution in [-0.4, -0.2) is 18.9 Å². The Morgan fingerprint density at radius 1 is 1.29 bits per heavy atom. The number of aliphatic imine (C=N–C) groups is 1. The van der Waals surface area contributed by atoms with Crippen LogP contribution in [0.4, 0.5) is 13.2 Å². The van der Waals surface area contributed by atoms with Crippen LogP contribution in [0, 0.1) is 35.0 Å². The SMILES string of the molecule is C#CCC(C#N)(CCCC(F)(F)F)C1CCC(=NC)CC1. The maximum atomic E-state index is 12.3. The summed E-state index contributed by atoms with van der Waals surface area (Å²) < 4.78 is 37.0.